The Morgan fingerprint density at radius 2 is 2.20 bits per heavy atom. The molecule has 1 atom stereocenters. The Hall–Kier alpha value is -1.82. The van der Waals surface area contributed by atoms with Gasteiger partial charge >= 0.3 is 5.97 Å². The number of hydrogen-bond acceptors (Lipinski definition) is 5. The number of nitrogens with zero attached hydrogens (tertiary/aromatic N) is 2. The molecule has 2 aromatic rings. The molecule has 1 N–H and O–H groups in total. The van der Waals surface area contributed by atoms with Crippen molar-refractivity contribution in [2.24, 2.45) is 0 Å². The standard InChI is InChI=1S/C14H17N3O2S/c1-4-11-15-14(17-16-11)20-12(13(18)19-3)10-8-6-5-7-9(10)2/h5-8,12H,4H2,1-3H3,(H,15,16,17). The van der Waals surface area contributed by atoms with E-state index < -0.39 is 5.25 Å². The molecule has 0 amide bonds. The fourth-order valence-corrected chi connectivity index (χ4v) is 2.88. The summed E-state index contributed by atoms with van der Waals surface area (Å²) in [7, 11) is 1.39. The van der Waals surface area contributed by atoms with Crippen molar-refractivity contribution in [2.75, 3.05) is 7.11 Å². The molecule has 0 radical (unpaired) electrons. The molecule has 0 bridgehead atoms. The molecule has 106 valence electrons. The molecule has 1 heterocycles. The second-order valence-electron chi connectivity index (χ2n) is 4.30. The highest BCUT2D eigenvalue weighted by Gasteiger charge is 2.26. The summed E-state index contributed by atoms with van der Waals surface area (Å²) in [6.45, 7) is 3.97. The Balaban J connectivity index is 2.29. The van der Waals surface area contributed by atoms with Crippen LogP contribution in [-0.2, 0) is 16.0 Å². The minimum Gasteiger partial charge on any atom is -0.468 e. The average molecular weight is 291 g/mol. The van der Waals surface area contributed by atoms with Crippen molar-refractivity contribution in [2.45, 2.75) is 30.7 Å². The Kier molecular flexibility index (Phi) is 4.79. The lowest BCUT2D eigenvalue weighted by Gasteiger charge is -2.14. The molecular formula is C14H17N3O2S. The fraction of sp³-hybridized carbons (Fsp3) is 0.357. The van der Waals surface area contributed by atoms with Gasteiger partial charge in [-0.1, -0.05) is 43.0 Å². The van der Waals surface area contributed by atoms with Crippen LogP contribution in [0.5, 0.6) is 0 Å². The summed E-state index contributed by atoms with van der Waals surface area (Å²) in [5.74, 6) is 0.507. The summed E-state index contributed by atoms with van der Waals surface area (Å²) in [6.07, 6.45) is 0.779. The SMILES string of the molecule is CCc1nc(SC(C(=O)OC)c2ccccc2C)n[nH]1. The molecule has 0 spiro atoms. The predicted molar refractivity (Wildman–Crippen MR) is 77.6 cm³/mol. The van der Waals surface area contributed by atoms with Crippen LogP contribution in [-0.4, -0.2) is 28.3 Å². The van der Waals surface area contributed by atoms with Crippen LogP contribution in [0.3, 0.4) is 0 Å². The first-order valence-corrected chi connectivity index (χ1v) is 7.25. The van der Waals surface area contributed by atoms with Gasteiger partial charge in [0.05, 0.1) is 7.11 Å². The van der Waals surface area contributed by atoms with Crippen LogP contribution in [0.4, 0.5) is 0 Å². The summed E-state index contributed by atoms with van der Waals surface area (Å²) in [4.78, 5) is 16.4. The van der Waals surface area contributed by atoms with Crippen LogP contribution in [0.2, 0.25) is 0 Å². The van der Waals surface area contributed by atoms with E-state index in [0.29, 0.717) is 5.16 Å². The third-order valence-electron chi connectivity index (χ3n) is 2.96. The molecule has 0 aliphatic carbocycles. The van der Waals surface area contributed by atoms with E-state index in [4.69, 9.17) is 4.74 Å². The maximum atomic E-state index is 12.0. The highest BCUT2D eigenvalue weighted by atomic mass is 32.2. The molecule has 2 rings (SSSR count). The predicted octanol–water partition coefficient (Wildman–Crippen LogP) is 2.68. The van der Waals surface area contributed by atoms with E-state index in [1.807, 2.05) is 38.1 Å². The Labute approximate surface area is 122 Å². The molecule has 0 aliphatic rings. The quantitative estimate of drug-likeness (QED) is 0.677. The number of hydrogen-bond donors (Lipinski definition) is 1. The number of nitrogens with one attached hydrogen (secondary N) is 1. The number of aromatic nitrogens is 3. The molecule has 0 fully saturated rings. The van der Waals surface area contributed by atoms with E-state index in [1.54, 1.807) is 0 Å². The molecule has 1 unspecified atom stereocenters. The zero-order chi connectivity index (χ0) is 14.5. The van der Waals surface area contributed by atoms with Crippen molar-refractivity contribution in [3.8, 4) is 0 Å². The number of rotatable bonds is 5. The number of thioether (sulfide) groups is 1. The molecule has 0 saturated carbocycles. The summed E-state index contributed by atoms with van der Waals surface area (Å²) >= 11 is 1.30. The zero-order valence-electron chi connectivity index (χ0n) is 11.7. The Morgan fingerprint density at radius 3 is 2.80 bits per heavy atom. The van der Waals surface area contributed by atoms with Crippen LogP contribution in [0.15, 0.2) is 29.4 Å². The fourth-order valence-electron chi connectivity index (χ4n) is 1.82. The summed E-state index contributed by atoms with van der Waals surface area (Å²) in [6, 6.07) is 7.76. The monoisotopic (exact) mass is 291 g/mol. The number of esters is 1. The van der Waals surface area contributed by atoms with E-state index >= 15 is 0 Å². The largest absolute Gasteiger partial charge is 0.468 e. The lowest BCUT2D eigenvalue weighted by Crippen LogP contribution is -2.12. The minimum atomic E-state index is -0.457. The van der Waals surface area contributed by atoms with Gasteiger partial charge in [-0.15, -0.1) is 5.10 Å². The number of carbonyl (C=O) groups is 1. The lowest BCUT2D eigenvalue weighted by molar-refractivity contribution is -0.140. The molecule has 1 aromatic heterocycles. The van der Waals surface area contributed by atoms with Gasteiger partial charge < -0.3 is 4.74 Å². The van der Waals surface area contributed by atoms with Crippen molar-refractivity contribution < 1.29 is 9.53 Å². The van der Waals surface area contributed by atoms with Crippen molar-refractivity contribution in [1.82, 2.24) is 15.2 Å². The summed E-state index contributed by atoms with van der Waals surface area (Å²) in [5.41, 5.74) is 1.97. The highest BCUT2D eigenvalue weighted by Crippen LogP contribution is 2.35. The number of ether oxygens (including phenoxy) is 1. The number of aromatic amines is 1. The van der Waals surface area contributed by atoms with Gasteiger partial charge in [-0.25, -0.2) is 4.98 Å². The van der Waals surface area contributed by atoms with Gasteiger partial charge in [-0.3, -0.25) is 9.89 Å². The molecule has 1 aromatic carbocycles. The van der Waals surface area contributed by atoms with Gasteiger partial charge in [0, 0.05) is 6.42 Å². The van der Waals surface area contributed by atoms with Gasteiger partial charge in [-0.2, -0.15) is 0 Å². The van der Waals surface area contributed by atoms with Gasteiger partial charge in [0.2, 0.25) is 5.16 Å². The van der Waals surface area contributed by atoms with Crippen molar-refractivity contribution in [3.63, 3.8) is 0 Å². The topological polar surface area (TPSA) is 67.9 Å². The third-order valence-corrected chi connectivity index (χ3v) is 4.03. The van der Waals surface area contributed by atoms with Crippen molar-refractivity contribution in [3.05, 3.63) is 41.2 Å². The number of H-pyrrole nitrogens is 1. The van der Waals surface area contributed by atoms with Crippen molar-refractivity contribution in [1.29, 1.82) is 0 Å². The summed E-state index contributed by atoms with van der Waals surface area (Å²) in [5, 5.41) is 7.07. The molecular weight excluding hydrogens is 274 g/mol. The van der Waals surface area contributed by atoms with Gasteiger partial charge in [0.15, 0.2) is 0 Å². The zero-order valence-corrected chi connectivity index (χ0v) is 12.5. The smallest absolute Gasteiger partial charge is 0.323 e. The Morgan fingerprint density at radius 1 is 1.45 bits per heavy atom. The van der Waals surface area contributed by atoms with Gasteiger partial charge in [-0.05, 0) is 18.1 Å². The maximum Gasteiger partial charge on any atom is 0.323 e. The molecule has 5 nitrogen and oxygen atoms in total. The van der Waals surface area contributed by atoms with Crippen LogP contribution in [0.25, 0.3) is 0 Å². The number of carbonyl (C=O) groups excluding carboxylic acids is 1. The van der Waals surface area contributed by atoms with E-state index in [9.17, 15) is 4.79 Å². The number of benzene rings is 1. The number of methoxy groups -OCH3 is 1. The van der Waals surface area contributed by atoms with Crippen LogP contribution in [0.1, 0.15) is 29.1 Å². The maximum absolute atomic E-state index is 12.0. The number of aryl methyl sites for hydroxylation is 2. The van der Waals surface area contributed by atoms with Crippen LogP contribution in [0, 0.1) is 6.92 Å². The normalized spacial score (nSPS) is 12.2. The minimum absolute atomic E-state index is 0.299. The molecule has 20 heavy (non-hydrogen) atoms. The average Bonchev–Trinajstić information content (AvgIpc) is 2.92. The van der Waals surface area contributed by atoms with Gasteiger partial charge in [0.1, 0.15) is 11.1 Å². The van der Waals surface area contributed by atoms with E-state index in [2.05, 4.69) is 15.2 Å². The van der Waals surface area contributed by atoms with E-state index in [1.165, 1.54) is 18.9 Å². The summed E-state index contributed by atoms with van der Waals surface area (Å²) < 4.78 is 4.90. The lowest BCUT2D eigenvalue weighted by atomic mass is 10.1. The highest BCUT2D eigenvalue weighted by molar-refractivity contribution is 8.00. The molecule has 0 aliphatic heterocycles. The molecule has 0 saturated heterocycles. The third kappa shape index (κ3) is 3.19. The van der Waals surface area contributed by atoms with Crippen LogP contribution < -0.4 is 0 Å². The first-order valence-electron chi connectivity index (χ1n) is 6.37. The van der Waals surface area contributed by atoms with E-state index in [-0.39, 0.29) is 5.97 Å². The van der Waals surface area contributed by atoms with Crippen molar-refractivity contribution >= 4 is 17.7 Å². The van der Waals surface area contributed by atoms with E-state index in [0.717, 1.165) is 23.4 Å². The first-order chi connectivity index (χ1) is 9.65. The second-order valence-corrected chi connectivity index (χ2v) is 5.37. The second kappa shape index (κ2) is 6.56. The van der Waals surface area contributed by atoms with Crippen LogP contribution >= 0.6 is 11.8 Å². The Bertz CT molecular complexity index is 598. The first kappa shape index (κ1) is 14.6. The molecule has 6 heteroatoms. The van der Waals surface area contributed by atoms with Gasteiger partial charge in [0.25, 0.3) is 0 Å².